The first-order valence-corrected chi connectivity index (χ1v) is 9.72. The predicted molar refractivity (Wildman–Crippen MR) is 110 cm³/mol. The van der Waals surface area contributed by atoms with Gasteiger partial charge in [0.25, 0.3) is 5.56 Å². The summed E-state index contributed by atoms with van der Waals surface area (Å²) >= 11 is 1.11. The molecule has 0 aliphatic rings. The van der Waals surface area contributed by atoms with Gasteiger partial charge in [-0.1, -0.05) is 36.0 Å². The van der Waals surface area contributed by atoms with Crippen LogP contribution >= 0.6 is 11.8 Å². The molecule has 4 aromatic rings. The molecule has 29 heavy (non-hydrogen) atoms. The van der Waals surface area contributed by atoms with Crippen LogP contribution in [0, 0.1) is 12.7 Å². The van der Waals surface area contributed by atoms with Crippen LogP contribution in [-0.2, 0) is 4.79 Å². The Labute approximate surface area is 169 Å². The monoisotopic (exact) mass is 409 g/mol. The van der Waals surface area contributed by atoms with Gasteiger partial charge in [-0.05, 0) is 36.8 Å². The van der Waals surface area contributed by atoms with Gasteiger partial charge in [0.15, 0.2) is 10.8 Å². The number of benzene rings is 2. The topological polar surface area (TPSA) is 92.7 Å². The highest BCUT2D eigenvalue weighted by atomic mass is 32.2. The van der Waals surface area contributed by atoms with Gasteiger partial charge in [-0.3, -0.25) is 19.3 Å². The second-order valence-corrected chi connectivity index (χ2v) is 7.24. The molecule has 0 fully saturated rings. The van der Waals surface area contributed by atoms with E-state index in [0.717, 1.165) is 17.3 Å². The number of nitrogens with zero attached hydrogens (tertiary/aromatic N) is 3. The Kier molecular flexibility index (Phi) is 5.13. The van der Waals surface area contributed by atoms with E-state index in [9.17, 15) is 14.0 Å². The molecule has 0 spiro atoms. The number of rotatable bonds is 5. The Morgan fingerprint density at radius 2 is 2.03 bits per heavy atom. The summed E-state index contributed by atoms with van der Waals surface area (Å²) in [7, 11) is 0. The molecule has 0 saturated heterocycles. The first-order valence-electron chi connectivity index (χ1n) is 8.73. The van der Waals surface area contributed by atoms with Crippen LogP contribution in [0.1, 0.15) is 5.56 Å². The SMILES string of the molecule is Cc1ccc(F)cc1NC(=O)CSc1nc2[nH]ncc2c(=O)n1-c1ccccc1. The van der Waals surface area contributed by atoms with Gasteiger partial charge in [0.05, 0.1) is 17.6 Å². The van der Waals surface area contributed by atoms with Crippen LogP contribution in [0.5, 0.6) is 0 Å². The van der Waals surface area contributed by atoms with Crippen molar-refractivity contribution in [3.8, 4) is 5.69 Å². The molecule has 9 heteroatoms. The number of nitrogens with one attached hydrogen (secondary N) is 2. The van der Waals surface area contributed by atoms with Crippen molar-refractivity contribution in [2.75, 3.05) is 11.1 Å². The van der Waals surface area contributed by atoms with Gasteiger partial charge in [-0.25, -0.2) is 9.37 Å². The quantitative estimate of drug-likeness (QED) is 0.390. The summed E-state index contributed by atoms with van der Waals surface area (Å²) in [6.45, 7) is 1.78. The lowest BCUT2D eigenvalue weighted by Gasteiger charge is -2.12. The Hall–Kier alpha value is -3.46. The molecule has 146 valence electrons. The zero-order valence-corrected chi connectivity index (χ0v) is 16.2. The van der Waals surface area contributed by atoms with Gasteiger partial charge in [0.1, 0.15) is 11.2 Å². The van der Waals surface area contributed by atoms with Gasteiger partial charge in [0, 0.05) is 5.69 Å². The molecule has 0 aliphatic heterocycles. The van der Waals surface area contributed by atoms with E-state index >= 15 is 0 Å². The van der Waals surface area contributed by atoms with E-state index in [4.69, 9.17) is 0 Å². The van der Waals surface area contributed by atoms with Crippen molar-refractivity contribution >= 4 is 34.4 Å². The standard InChI is InChI=1S/C20H16FN5O2S/c1-12-7-8-13(21)9-16(12)23-17(27)11-29-20-24-18-15(10-22-25-18)19(28)26(20)14-5-3-2-4-6-14/h2-10H,11H2,1H3,(H,22,25)(H,23,27). The zero-order valence-electron chi connectivity index (χ0n) is 15.3. The number of fused-ring (bicyclic) bond motifs is 1. The number of para-hydroxylation sites is 1. The minimum atomic E-state index is -0.428. The van der Waals surface area contributed by atoms with Gasteiger partial charge in [-0.15, -0.1) is 0 Å². The third-order valence-electron chi connectivity index (χ3n) is 4.27. The number of thioether (sulfide) groups is 1. The number of hydrogen-bond donors (Lipinski definition) is 2. The van der Waals surface area contributed by atoms with E-state index in [1.807, 2.05) is 18.2 Å². The van der Waals surface area contributed by atoms with Crippen molar-refractivity contribution in [2.45, 2.75) is 12.1 Å². The van der Waals surface area contributed by atoms with E-state index in [-0.39, 0.29) is 17.2 Å². The van der Waals surface area contributed by atoms with Crippen LogP contribution in [0.25, 0.3) is 16.7 Å². The second-order valence-electron chi connectivity index (χ2n) is 6.30. The maximum absolute atomic E-state index is 13.4. The molecule has 0 bridgehead atoms. The molecule has 0 saturated carbocycles. The lowest BCUT2D eigenvalue weighted by Crippen LogP contribution is -2.22. The maximum Gasteiger partial charge on any atom is 0.269 e. The number of amides is 1. The van der Waals surface area contributed by atoms with Crippen molar-refractivity contribution in [3.05, 3.63) is 76.5 Å². The number of halogens is 1. The molecule has 0 unspecified atom stereocenters. The third kappa shape index (κ3) is 3.90. The minimum absolute atomic E-state index is 0.00509. The Morgan fingerprint density at radius 1 is 1.24 bits per heavy atom. The summed E-state index contributed by atoms with van der Waals surface area (Å²) in [4.78, 5) is 29.8. The number of hydrogen-bond acceptors (Lipinski definition) is 5. The fraction of sp³-hybridized carbons (Fsp3) is 0.100. The average Bonchev–Trinajstić information content (AvgIpc) is 3.19. The molecule has 7 nitrogen and oxygen atoms in total. The molecule has 2 heterocycles. The molecule has 0 radical (unpaired) electrons. The van der Waals surface area contributed by atoms with E-state index in [1.165, 1.54) is 22.9 Å². The molecule has 0 atom stereocenters. The summed E-state index contributed by atoms with van der Waals surface area (Å²) in [5.74, 6) is -0.764. The van der Waals surface area contributed by atoms with Crippen molar-refractivity contribution in [3.63, 3.8) is 0 Å². The van der Waals surface area contributed by atoms with Gasteiger partial charge < -0.3 is 5.32 Å². The Morgan fingerprint density at radius 3 is 2.83 bits per heavy atom. The third-order valence-corrected chi connectivity index (χ3v) is 5.21. The first kappa shape index (κ1) is 18.9. The number of carbonyl (C=O) groups excluding carboxylic acids is 1. The number of H-pyrrole nitrogens is 1. The van der Waals surface area contributed by atoms with Gasteiger partial charge in [0.2, 0.25) is 5.91 Å². The number of aromatic nitrogens is 4. The molecule has 2 aromatic carbocycles. The molecule has 1 amide bonds. The highest BCUT2D eigenvalue weighted by Gasteiger charge is 2.16. The fourth-order valence-electron chi connectivity index (χ4n) is 2.82. The zero-order chi connectivity index (χ0) is 20.4. The number of anilines is 1. The van der Waals surface area contributed by atoms with Gasteiger partial charge in [-0.2, -0.15) is 5.10 Å². The van der Waals surface area contributed by atoms with Crippen molar-refractivity contribution in [1.82, 2.24) is 19.7 Å². The Balaban J connectivity index is 1.63. The van der Waals surface area contributed by atoms with Crippen molar-refractivity contribution in [2.24, 2.45) is 0 Å². The predicted octanol–water partition coefficient (Wildman–Crippen LogP) is 3.29. The van der Waals surface area contributed by atoms with Gasteiger partial charge >= 0.3 is 0 Å². The van der Waals surface area contributed by atoms with E-state index < -0.39 is 5.82 Å². The first-order chi connectivity index (χ1) is 14.0. The molecular weight excluding hydrogens is 393 g/mol. The largest absolute Gasteiger partial charge is 0.325 e. The lowest BCUT2D eigenvalue weighted by atomic mass is 10.2. The summed E-state index contributed by atoms with van der Waals surface area (Å²) < 4.78 is 14.9. The van der Waals surface area contributed by atoms with Crippen molar-refractivity contribution < 1.29 is 9.18 Å². The van der Waals surface area contributed by atoms with Crippen molar-refractivity contribution in [1.29, 1.82) is 0 Å². The van der Waals surface area contributed by atoms with Crippen LogP contribution in [0.4, 0.5) is 10.1 Å². The smallest absolute Gasteiger partial charge is 0.269 e. The van der Waals surface area contributed by atoms with Crippen LogP contribution in [-0.4, -0.2) is 31.4 Å². The van der Waals surface area contributed by atoms with Crippen LogP contribution in [0.15, 0.2) is 64.7 Å². The molecular formula is C20H16FN5O2S. The number of aryl methyl sites for hydroxylation is 1. The van der Waals surface area contributed by atoms with E-state index in [2.05, 4.69) is 20.5 Å². The summed E-state index contributed by atoms with van der Waals surface area (Å²) in [6, 6.07) is 13.3. The summed E-state index contributed by atoms with van der Waals surface area (Å²) in [5, 5.41) is 9.98. The lowest BCUT2D eigenvalue weighted by molar-refractivity contribution is -0.113. The highest BCUT2D eigenvalue weighted by molar-refractivity contribution is 7.99. The van der Waals surface area contributed by atoms with Crippen LogP contribution < -0.4 is 10.9 Å². The Bertz CT molecular complexity index is 1250. The van der Waals surface area contributed by atoms with E-state index in [1.54, 1.807) is 25.1 Å². The number of carbonyl (C=O) groups is 1. The molecule has 4 rings (SSSR count). The van der Waals surface area contributed by atoms with E-state index in [0.29, 0.717) is 27.6 Å². The normalized spacial score (nSPS) is 11.0. The average molecular weight is 409 g/mol. The number of aromatic amines is 1. The minimum Gasteiger partial charge on any atom is -0.325 e. The molecule has 2 aromatic heterocycles. The summed E-state index contributed by atoms with van der Waals surface area (Å²) in [6.07, 6.45) is 1.43. The fourth-order valence-corrected chi connectivity index (χ4v) is 3.63. The van der Waals surface area contributed by atoms with Crippen LogP contribution in [0.3, 0.4) is 0 Å². The molecule has 2 N–H and O–H groups in total. The van der Waals surface area contributed by atoms with Crippen LogP contribution in [0.2, 0.25) is 0 Å². The maximum atomic E-state index is 13.4. The molecule has 0 aliphatic carbocycles. The highest BCUT2D eigenvalue weighted by Crippen LogP contribution is 2.22. The second kappa shape index (κ2) is 7.88. The summed E-state index contributed by atoms with van der Waals surface area (Å²) in [5.41, 5.74) is 1.87.